The van der Waals surface area contributed by atoms with E-state index >= 15 is 0 Å². The molecule has 112 valence electrons. The molecule has 5 nitrogen and oxygen atoms in total. The van der Waals surface area contributed by atoms with E-state index in [1.54, 1.807) is 0 Å². The van der Waals surface area contributed by atoms with Gasteiger partial charge < -0.3 is 15.0 Å². The molecule has 0 aromatic carbocycles. The second kappa shape index (κ2) is 5.35. The zero-order valence-electron chi connectivity index (χ0n) is 12.3. The molecule has 1 aliphatic carbocycles. The fourth-order valence-electron chi connectivity index (χ4n) is 3.53. The molecule has 0 aromatic heterocycles. The molecule has 2 heterocycles. The van der Waals surface area contributed by atoms with Gasteiger partial charge in [0.1, 0.15) is 12.1 Å². The van der Waals surface area contributed by atoms with Crippen molar-refractivity contribution in [3.05, 3.63) is 0 Å². The summed E-state index contributed by atoms with van der Waals surface area (Å²) in [6.07, 6.45) is 3.77. The van der Waals surface area contributed by atoms with Crippen LogP contribution in [0.15, 0.2) is 0 Å². The zero-order valence-corrected chi connectivity index (χ0v) is 12.3. The molecular formula is C15H24N2O3. The SMILES string of the molecule is CCC1C(=O)NC(C2CC2)C(=O)N1C(C)C1CCOC1. The van der Waals surface area contributed by atoms with Gasteiger partial charge in [-0.05, 0) is 38.5 Å². The number of carbonyl (C=O) groups is 2. The topological polar surface area (TPSA) is 58.6 Å². The molecular weight excluding hydrogens is 256 g/mol. The molecule has 0 aromatic rings. The lowest BCUT2D eigenvalue weighted by molar-refractivity contribution is -0.154. The van der Waals surface area contributed by atoms with Crippen LogP contribution in [0.25, 0.3) is 0 Å². The van der Waals surface area contributed by atoms with Gasteiger partial charge in [-0.15, -0.1) is 0 Å². The van der Waals surface area contributed by atoms with Crippen LogP contribution in [0.2, 0.25) is 0 Å². The van der Waals surface area contributed by atoms with Crippen molar-refractivity contribution in [2.45, 2.75) is 57.7 Å². The van der Waals surface area contributed by atoms with Crippen LogP contribution in [-0.4, -0.2) is 48.1 Å². The molecule has 4 unspecified atom stereocenters. The Balaban J connectivity index is 1.81. The molecule has 4 atom stereocenters. The van der Waals surface area contributed by atoms with Gasteiger partial charge in [0.15, 0.2) is 0 Å². The van der Waals surface area contributed by atoms with Crippen LogP contribution in [0, 0.1) is 11.8 Å². The third-order valence-corrected chi connectivity index (χ3v) is 5.02. The van der Waals surface area contributed by atoms with E-state index in [4.69, 9.17) is 4.74 Å². The van der Waals surface area contributed by atoms with Crippen molar-refractivity contribution in [2.75, 3.05) is 13.2 Å². The van der Waals surface area contributed by atoms with Crippen molar-refractivity contribution in [3.8, 4) is 0 Å². The van der Waals surface area contributed by atoms with Crippen molar-refractivity contribution >= 4 is 11.8 Å². The molecule has 0 spiro atoms. The molecule has 0 radical (unpaired) electrons. The number of hydrogen-bond donors (Lipinski definition) is 1. The van der Waals surface area contributed by atoms with Crippen molar-refractivity contribution in [2.24, 2.45) is 11.8 Å². The average Bonchev–Trinajstić information content (AvgIpc) is 3.13. The lowest BCUT2D eigenvalue weighted by atomic mass is 9.93. The first-order valence-corrected chi connectivity index (χ1v) is 7.83. The molecule has 1 saturated carbocycles. The Morgan fingerprint density at radius 3 is 2.65 bits per heavy atom. The molecule has 1 N–H and O–H groups in total. The van der Waals surface area contributed by atoms with E-state index in [1.807, 2.05) is 11.8 Å². The maximum absolute atomic E-state index is 12.8. The third kappa shape index (κ3) is 2.32. The summed E-state index contributed by atoms with van der Waals surface area (Å²) in [6.45, 7) is 5.52. The van der Waals surface area contributed by atoms with Crippen LogP contribution in [0.4, 0.5) is 0 Å². The van der Waals surface area contributed by atoms with Crippen LogP contribution in [0.3, 0.4) is 0 Å². The summed E-state index contributed by atoms with van der Waals surface area (Å²) in [6, 6.07) is -0.509. The lowest BCUT2D eigenvalue weighted by Gasteiger charge is -2.43. The zero-order chi connectivity index (χ0) is 14.3. The van der Waals surface area contributed by atoms with Crippen molar-refractivity contribution < 1.29 is 14.3 Å². The first-order chi connectivity index (χ1) is 9.63. The van der Waals surface area contributed by atoms with Gasteiger partial charge in [-0.2, -0.15) is 0 Å². The van der Waals surface area contributed by atoms with E-state index in [1.165, 1.54) is 0 Å². The van der Waals surface area contributed by atoms with Crippen LogP contribution in [0.5, 0.6) is 0 Å². The van der Waals surface area contributed by atoms with Crippen molar-refractivity contribution in [3.63, 3.8) is 0 Å². The minimum atomic E-state index is -0.312. The average molecular weight is 280 g/mol. The number of piperazine rings is 1. The van der Waals surface area contributed by atoms with Gasteiger partial charge in [0.2, 0.25) is 11.8 Å². The molecule has 2 amide bonds. The predicted molar refractivity (Wildman–Crippen MR) is 74.0 cm³/mol. The van der Waals surface area contributed by atoms with Gasteiger partial charge in [0.05, 0.1) is 6.61 Å². The van der Waals surface area contributed by atoms with Crippen LogP contribution < -0.4 is 5.32 Å². The normalized spacial score (nSPS) is 36.1. The second-order valence-corrected chi connectivity index (χ2v) is 6.36. The number of carbonyl (C=O) groups excluding carboxylic acids is 2. The van der Waals surface area contributed by atoms with Crippen molar-refractivity contribution in [1.82, 2.24) is 10.2 Å². The van der Waals surface area contributed by atoms with Gasteiger partial charge in [-0.1, -0.05) is 6.92 Å². The van der Waals surface area contributed by atoms with E-state index in [2.05, 4.69) is 12.2 Å². The molecule has 20 heavy (non-hydrogen) atoms. The minimum absolute atomic E-state index is 0.0229. The van der Waals surface area contributed by atoms with Crippen LogP contribution in [0.1, 0.15) is 39.5 Å². The maximum Gasteiger partial charge on any atom is 0.246 e. The molecule has 2 saturated heterocycles. The number of ether oxygens (including phenoxy) is 1. The third-order valence-electron chi connectivity index (χ3n) is 5.02. The lowest BCUT2D eigenvalue weighted by Crippen LogP contribution is -2.66. The number of hydrogen-bond acceptors (Lipinski definition) is 3. The Morgan fingerprint density at radius 2 is 2.10 bits per heavy atom. The summed E-state index contributed by atoms with van der Waals surface area (Å²) in [7, 11) is 0. The molecule has 3 rings (SSSR count). The minimum Gasteiger partial charge on any atom is -0.381 e. The second-order valence-electron chi connectivity index (χ2n) is 6.36. The summed E-state index contributed by atoms with van der Waals surface area (Å²) in [5.41, 5.74) is 0. The Morgan fingerprint density at radius 1 is 1.35 bits per heavy atom. The quantitative estimate of drug-likeness (QED) is 0.833. The molecule has 0 bridgehead atoms. The summed E-state index contributed by atoms with van der Waals surface area (Å²) in [5.74, 6) is 0.866. The Bertz CT molecular complexity index is 402. The highest BCUT2D eigenvalue weighted by atomic mass is 16.5. The van der Waals surface area contributed by atoms with E-state index in [-0.39, 0.29) is 29.9 Å². The molecule has 2 aliphatic heterocycles. The summed E-state index contributed by atoms with van der Waals surface area (Å²) in [5, 5.41) is 2.94. The van der Waals surface area contributed by atoms with Gasteiger partial charge in [-0.25, -0.2) is 0 Å². The summed E-state index contributed by atoms with van der Waals surface area (Å²) in [4.78, 5) is 27.0. The van der Waals surface area contributed by atoms with E-state index in [0.717, 1.165) is 25.9 Å². The Kier molecular flexibility index (Phi) is 3.71. The van der Waals surface area contributed by atoms with Gasteiger partial charge in [0, 0.05) is 18.6 Å². The number of rotatable bonds is 4. The van der Waals surface area contributed by atoms with Crippen molar-refractivity contribution in [1.29, 1.82) is 0 Å². The number of nitrogens with one attached hydrogen (secondary N) is 1. The maximum atomic E-state index is 12.8. The molecule has 5 heteroatoms. The highest BCUT2D eigenvalue weighted by Gasteiger charge is 2.48. The first-order valence-electron chi connectivity index (χ1n) is 7.83. The van der Waals surface area contributed by atoms with E-state index in [9.17, 15) is 9.59 Å². The van der Waals surface area contributed by atoms with E-state index in [0.29, 0.717) is 24.9 Å². The largest absolute Gasteiger partial charge is 0.381 e. The van der Waals surface area contributed by atoms with Gasteiger partial charge in [0.25, 0.3) is 0 Å². The Labute approximate surface area is 120 Å². The Hall–Kier alpha value is -1.10. The van der Waals surface area contributed by atoms with Crippen LogP contribution in [-0.2, 0) is 14.3 Å². The molecule has 3 fully saturated rings. The summed E-state index contributed by atoms with van der Waals surface area (Å²) >= 11 is 0. The number of amides is 2. The highest BCUT2D eigenvalue weighted by Crippen LogP contribution is 2.36. The molecule has 3 aliphatic rings. The van der Waals surface area contributed by atoms with Gasteiger partial charge in [-0.3, -0.25) is 9.59 Å². The highest BCUT2D eigenvalue weighted by molar-refractivity contribution is 5.97. The van der Waals surface area contributed by atoms with Crippen LogP contribution >= 0.6 is 0 Å². The monoisotopic (exact) mass is 280 g/mol. The number of nitrogens with zero attached hydrogens (tertiary/aromatic N) is 1. The first kappa shape index (κ1) is 13.9. The predicted octanol–water partition coefficient (Wildman–Crippen LogP) is 0.927. The summed E-state index contributed by atoms with van der Waals surface area (Å²) < 4.78 is 5.45. The van der Waals surface area contributed by atoms with Gasteiger partial charge >= 0.3 is 0 Å². The van der Waals surface area contributed by atoms with E-state index < -0.39 is 0 Å². The fourth-order valence-corrected chi connectivity index (χ4v) is 3.53. The fraction of sp³-hybridized carbons (Fsp3) is 0.867. The smallest absolute Gasteiger partial charge is 0.246 e. The standard InChI is InChI=1S/C15H24N2O3/c1-3-12-14(18)16-13(10-4-5-10)15(19)17(12)9(2)11-6-7-20-8-11/h9-13H,3-8H2,1-2H3,(H,16,18).